The number of carbonyl (C=O) groups excluding carboxylic acids is 3. The van der Waals surface area contributed by atoms with Crippen molar-refractivity contribution in [2.45, 2.75) is 32.9 Å². The number of methoxy groups -OCH3 is 2. The van der Waals surface area contributed by atoms with Crippen LogP contribution in [0.15, 0.2) is 48.6 Å². The molecule has 10 heteroatoms. The molecule has 1 amide bonds. The zero-order valence-electron chi connectivity index (χ0n) is 20.6. The van der Waals surface area contributed by atoms with Crippen molar-refractivity contribution in [3.63, 3.8) is 0 Å². The molecule has 0 spiro atoms. The number of hydrogen-bond donors (Lipinski definition) is 2. The van der Waals surface area contributed by atoms with Gasteiger partial charge in [-0.05, 0) is 43.5 Å². The van der Waals surface area contributed by atoms with Crippen LogP contribution in [0.4, 0.5) is 0 Å². The number of rotatable bonds is 8. The number of H-pyrrole nitrogens is 1. The SMILES string of the molecule is COC(=O)c1[nH]c(C)c(C(O)=C2C(=O)C(=O)N(CCCn3ccnc3)[C@@H]2c2ccc(OC)cc2)c1C. The van der Waals surface area contributed by atoms with Gasteiger partial charge in [-0.1, -0.05) is 12.1 Å². The molecule has 1 aliphatic heterocycles. The maximum Gasteiger partial charge on any atom is 0.354 e. The third kappa shape index (κ3) is 4.37. The fourth-order valence-corrected chi connectivity index (χ4v) is 4.63. The molecule has 1 fully saturated rings. The number of carbonyl (C=O) groups is 3. The highest BCUT2D eigenvalue weighted by Gasteiger charge is 2.46. The molecule has 0 aliphatic carbocycles. The fraction of sp³-hybridized carbons (Fsp3) is 0.308. The summed E-state index contributed by atoms with van der Waals surface area (Å²) in [5.41, 5.74) is 1.99. The Labute approximate surface area is 208 Å². The highest BCUT2D eigenvalue weighted by Crippen LogP contribution is 2.41. The molecule has 188 valence electrons. The number of aromatic nitrogens is 3. The smallest absolute Gasteiger partial charge is 0.354 e. The Balaban J connectivity index is 1.80. The van der Waals surface area contributed by atoms with Crippen molar-refractivity contribution in [2.75, 3.05) is 20.8 Å². The predicted octanol–water partition coefficient (Wildman–Crippen LogP) is 3.14. The quantitative estimate of drug-likeness (QED) is 0.214. The number of imidazole rings is 1. The molecule has 36 heavy (non-hydrogen) atoms. The summed E-state index contributed by atoms with van der Waals surface area (Å²) >= 11 is 0. The summed E-state index contributed by atoms with van der Waals surface area (Å²) in [5.74, 6) is -1.79. The summed E-state index contributed by atoms with van der Waals surface area (Å²) in [7, 11) is 2.81. The number of aryl methyl sites for hydroxylation is 2. The molecule has 3 aromatic rings. The van der Waals surface area contributed by atoms with Crippen LogP contribution in [0.5, 0.6) is 5.75 Å². The zero-order chi connectivity index (χ0) is 26.0. The minimum atomic E-state index is -0.811. The van der Waals surface area contributed by atoms with Gasteiger partial charge in [-0.25, -0.2) is 9.78 Å². The molecule has 1 saturated heterocycles. The van der Waals surface area contributed by atoms with E-state index in [2.05, 4.69) is 9.97 Å². The lowest BCUT2D eigenvalue weighted by Gasteiger charge is -2.25. The molecule has 0 saturated carbocycles. The van der Waals surface area contributed by atoms with E-state index in [1.807, 2.05) is 10.8 Å². The Morgan fingerprint density at radius 3 is 2.47 bits per heavy atom. The highest BCUT2D eigenvalue weighted by atomic mass is 16.5. The van der Waals surface area contributed by atoms with E-state index in [1.54, 1.807) is 57.7 Å². The first kappa shape index (κ1) is 24.8. The number of amides is 1. The van der Waals surface area contributed by atoms with E-state index in [-0.39, 0.29) is 23.6 Å². The maximum absolute atomic E-state index is 13.3. The van der Waals surface area contributed by atoms with E-state index in [1.165, 1.54) is 12.0 Å². The van der Waals surface area contributed by atoms with Gasteiger partial charge in [0.1, 0.15) is 17.2 Å². The standard InChI is InChI=1S/C26H28N4O6/c1-15-19(16(2)28-21(15)26(34)36-4)23(31)20-22(17-6-8-18(35-3)9-7-17)30(25(33)24(20)32)12-5-11-29-13-10-27-14-29/h6-10,13-14,22,28,31H,5,11-12H2,1-4H3/t22-/m1/s1. The van der Waals surface area contributed by atoms with Gasteiger partial charge in [0.2, 0.25) is 0 Å². The van der Waals surface area contributed by atoms with Crippen LogP contribution in [0.25, 0.3) is 5.76 Å². The first-order valence-corrected chi connectivity index (χ1v) is 11.4. The van der Waals surface area contributed by atoms with Crippen molar-refractivity contribution in [1.82, 2.24) is 19.4 Å². The van der Waals surface area contributed by atoms with Crippen LogP contribution in [0.3, 0.4) is 0 Å². The lowest BCUT2D eigenvalue weighted by Crippen LogP contribution is -2.31. The third-order valence-corrected chi connectivity index (χ3v) is 6.41. The van der Waals surface area contributed by atoms with Crippen LogP contribution in [0, 0.1) is 13.8 Å². The molecule has 2 N–H and O–H groups in total. The molecular formula is C26H28N4O6. The average molecular weight is 493 g/mol. The second kappa shape index (κ2) is 10.1. The Morgan fingerprint density at radius 2 is 1.86 bits per heavy atom. The number of esters is 1. The molecule has 4 rings (SSSR count). The molecule has 1 atom stereocenters. The summed E-state index contributed by atoms with van der Waals surface area (Å²) in [6, 6.07) is 6.20. The molecule has 0 bridgehead atoms. The topological polar surface area (TPSA) is 127 Å². The lowest BCUT2D eigenvalue weighted by molar-refractivity contribution is -0.139. The van der Waals surface area contributed by atoms with Crippen molar-refractivity contribution in [3.8, 4) is 5.75 Å². The number of Topliss-reactive ketones (excluding diaryl/α,β-unsaturated/α-hetero) is 1. The average Bonchev–Trinajstić information content (AvgIpc) is 3.57. The summed E-state index contributed by atoms with van der Waals surface area (Å²) in [5, 5.41) is 11.4. The molecule has 2 aromatic heterocycles. The van der Waals surface area contributed by atoms with Gasteiger partial charge < -0.3 is 29.0 Å². The van der Waals surface area contributed by atoms with E-state index in [0.717, 1.165) is 0 Å². The number of aromatic amines is 1. The van der Waals surface area contributed by atoms with Gasteiger partial charge in [0.15, 0.2) is 0 Å². The first-order chi connectivity index (χ1) is 17.3. The Hall–Kier alpha value is -4.34. The van der Waals surface area contributed by atoms with Crippen LogP contribution in [0.1, 0.15) is 45.3 Å². The van der Waals surface area contributed by atoms with E-state index in [9.17, 15) is 19.5 Å². The normalized spacial score (nSPS) is 17.0. The van der Waals surface area contributed by atoms with Gasteiger partial charge in [0.25, 0.3) is 11.7 Å². The van der Waals surface area contributed by atoms with Crippen LogP contribution in [-0.2, 0) is 20.9 Å². The fourth-order valence-electron chi connectivity index (χ4n) is 4.63. The number of benzene rings is 1. The van der Waals surface area contributed by atoms with E-state index in [0.29, 0.717) is 41.1 Å². The predicted molar refractivity (Wildman–Crippen MR) is 130 cm³/mol. The summed E-state index contributed by atoms with van der Waals surface area (Å²) < 4.78 is 12.0. The van der Waals surface area contributed by atoms with Crippen LogP contribution < -0.4 is 4.74 Å². The van der Waals surface area contributed by atoms with Gasteiger partial charge >= 0.3 is 5.97 Å². The number of likely N-dealkylation sites (tertiary alicyclic amines) is 1. The monoisotopic (exact) mass is 492 g/mol. The van der Waals surface area contributed by atoms with Crippen molar-refractivity contribution < 1.29 is 29.0 Å². The number of aliphatic hydroxyl groups is 1. The lowest BCUT2D eigenvalue weighted by atomic mass is 9.94. The van der Waals surface area contributed by atoms with Gasteiger partial charge in [0.05, 0.1) is 32.2 Å². The molecule has 3 heterocycles. The van der Waals surface area contributed by atoms with Crippen molar-refractivity contribution in [3.05, 3.63) is 76.6 Å². The molecule has 1 aromatic carbocycles. The maximum atomic E-state index is 13.3. The minimum absolute atomic E-state index is 0.0330. The van der Waals surface area contributed by atoms with Gasteiger partial charge in [-0.15, -0.1) is 0 Å². The number of aliphatic hydroxyl groups excluding tert-OH is 1. The number of nitrogens with one attached hydrogen (secondary N) is 1. The molecule has 10 nitrogen and oxygen atoms in total. The largest absolute Gasteiger partial charge is 0.507 e. The van der Waals surface area contributed by atoms with Crippen LogP contribution in [-0.4, -0.2) is 63.0 Å². The zero-order valence-corrected chi connectivity index (χ0v) is 20.6. The first-order valence-electron chi connectivity index (χ1n) is 11.4. The number of nitrogens with zero attached hydrogens (tertiary/aromatic N) is 3. The third-order valence-electron chi connectivity index (χ3n) is 6.41. The van der Waals surface area contributed by atoms with E-state index < -0.39 is 23.7 Å². The summed E-state index contributed by atoms with van der Waals surface area (Å²) in [4.78, 5) is 47.1. The molecule has 1 aliphatic rings. The second-order valence-electron chi connectivity index (χ2n) is 8.54. The Morgan fingerprint density at radius 1 is 1.14 bits per heavy atom. The van der Waals surface area contributed by atoms with Crippen molar-refractivity contribution in [1.29, 1.82) is 0 Å². The number of ketones is 1. The highest BCUT2D eigenvalue weighted by molar-refractivity contribution is 6.46. The van der Waals surface area contributed by atoms with Crippen LogP contribution >= 0.6 is 0 Å². The molecule has 0 unspecified atom stereocenters. The number of ether oxygens (including phenoxy) is 2. The van der Waals surface area contributed by atoms with Gasteiger partial charge in [0, 0.05) is 36.7 Å². The molecular weight excluding hydrogens is 464 g/mol. The van der Waals surface area contributed by atoms with Gasteiger partial charge in [-0.3, -0.25) is 9.59 Å². The number of hydrogen-bond acceptors (Lipinski definition) is 7. The van der Waals surface area contributed by atoms with Crippen molar-refractivity contribution >= 4 is 23.4 Å². The van der Waals surface area contributed by atoms with E-state index >= 15 is 0 Å². The minimum Gasteiger partial charge on any atom is -0.507 e. The van der Waals surface area contributed by atoms with Crippen LogP contribution in [0.2, 0.25) is 0 Å². The molecule has 0 radical (unpaired) electrons. The Kier molecular flexibility index (Phi) is 6.96. The van der Waals surface area contributed by atoms with Crippen molar-refractivity contribution in [2.24, 2.45) is 0 Å². The summed E-state index contributed by atoms with van der Waals surface area (Å²) in [6.45, 7) is 4.22. The van der Waals surface area contributed by atoms with E-state index in [4.69, 9.17) is 9.47 Å². The van der Waals surface area contributed by atoms with Gasteiger partial charge in [-0.2, -0.15) is 0 Å². The Bertz CT molecular complexity index is 1320. The summed E-state index contributed by atoms with van der Waals surface area (Å²) in [6.07, 6.45) is 5.76. The second-order valence-corrected chi connectivity index (χ2v) is 8.54.